The van der Waals surface area contributed by atoms with Gasteiger partial charge in [0.2, 0.25) is 0 Å². The third-order valence-corrected chi connectivity index (χ3v) is 4.55. The van der Waals surface area contributed by atoms with Gasteiger partial charge in [0, 0.05) is 6.04 Å². The molecule has 1 aliphatic carbocycles. The van der Waals surface area contributed by atoms with E-state index in [1.807, 2.05) is 7.05 Å². The lowest BCUT2D eigenvalue weighted by molar-refractivity contribution is 0.135. The highest BCUT2D eigenvalue weighted by Crippen LogP contribution is 2.27. The van der Waals surface area contributed by atoms with Gasteiger partial charge in [0.15, 0.2) is 0 Å². The second-order valence-corrected chi connectivity index (χ2v) is 6.37. The zero-order valence-corrected chi connectivity index (χ0v) is 13.2. The Morgan fingerprint density at radius 2 is 1.80 bits per heavy atom. The van der Waals surface area contributed by atoms with E-state index in [9.17, 15) is 0 Å². The molecule has 1 saturated carbocycles. The van der Waals surface area contributed by atoms with Crippen LogP contribution in [0.15, 0.2) is 24.3 Å². The van der Waals surface area contributed by atoms with Crippen molar-refractivity contribution in [3.05, 3.63) is 29.8 Å². The first-order chi connectivity index (χ1) is 9.67. The third kappa shape index (κ3) is 4.82. The molecule has 2 rings (SSSR count). The van der Waals surface area contributed by atoms with E-state index in [2.05, 4.69) is 43.4 Å². The summed E-state index contributed by atoms with van der Waals surface area (Å²) in [5.74, 6) is 1.92. The predicted molar refractivity (Wildman–Crippen MR) is 85.3 cm³/mol. The van der Waals surface area contributed by atoms with E-state index in [0.29, 0.717) is 12.1 Å². The molecule has 2 heteroatoms. The van der Waals surface area contributed by atoms with Crippen LogP contribution < -0.4 is 10.1 Å². The summed E-state index contributed by atoms with van der Waals surface area (Å²) in [7, 11) is 2.02. The average Bonchev–Trinajstić information content (AvgIpc) is 2.48. The molecule has 1 atom stereocenters. The van der Waals surface area contributed by atoms with Crippen molar-refractivity contribution in [1.29, 1.82) is 0 Å². The Bertz CT molecular complexity index is 379. The van der Waals surface area contributed by atoms with E-state index in [1.165, 1.54) is 37.7 Å². The summed E-state index contributed by atoms with van der Waals surface area (Å²) in [5, 5.41) is 3.28. The summed E-state index contributed by atoms with van der Waals surface area (Å²) >= 11 is 0. The molecule has 1 aromatic rings. The van der Waals surface area contributed by atoms with Gasteiger partial charge in [-0.25, -0.2) is 0 Å². The number of aryl methyl sites for hydroxylation is 1. The van der Waals surface area contributed by atoms with Crippen molar-refractivity contribution in [2.24, 2.45) is 5.92 Å². The van der Waals surface area contributed by atoms with Gasteiger partial charge < -0.3 is 10.1 Å². The highest BCUT2D eigenvalue weighted by molar-refractivity contribution is 5.27. The van der Waals surface area contributed by atoms with E-state index in [1.54, 1.807) is 0 Å². The van der Waals surface area contributed by atoms with Crippen LogP contribution in [0.2, 0.25) is 0 Å². The van der Waals surface area contributed by atoms with Crippen LogP contribution in [-0.4, -0.2) is 19.2 Å². The summed E-state index contributed by atoms with van der Waals surface area (Å²) in [6.45, 7) is 4.57. The van der Waals surface area contributed by atoms with Crippen LogP contribution >= 0.6 is 0 Å². The molecule has 1 aromatic carbocycles. The van der Waals surface area contributed by atoms with Gasteiger partial charge in [0.25, 0.3) is 0 Å². The zero-order chi connectivity index (χ0) is 14.4. The number of rotatable bonds is 6. The SMILES string of the molecule is CNC(C)CCc1ccc(OC2CCC(C)CC2)cc1. The first-order valence-electron chi connectivity index (χ1n) is 8.10. The molecule has 0 amide bonds. The summed E-state index contributed by atoms with van der Waals surface area (Å²) in [4.78, 5) is 0. The number of hydrogen-bond donors (Lipinski definition) is 1. The maximum atomic E-state index is 6.09. The van der Waals surface area contributed by atoms with E-state index >= 15 is 0 Å². The Kier molecular flexibility index (Phi) is 5.90. The number of hydrogen-bond acceptors (Lipinski definition) is 2. The standard InChI is InChI=1S/C18H29NO/c1-14-4-10-17(11-5-14)20-18-12-8-16(9-13-18)7-6-15(2)19-3/h8-9,12-15,17,19H,4-7,10-11H2,1-3H3. The average molecular weight is 275 g/mol. The van der Waals surface area contributed by atoms with Gasteiger partial charge >= 0.3 is 0 Å². The fraction of sp³-hybridized carbons (Fsp3) is 0.667. The maximum absolute atomic E-state index is 6.09. The molecule has 0 heterocycles. The summed E-state index contributed by atoms with van der Waals surface area (Å²) in [6.07, 6.45) is 7.78. The zero-order valence-electron chi connectivity index (χ0n) is 13.2. The number of benzene rings is 1. The molecule has 1 aliphatic rings. The highest BCUT2D eigenvalue weighted by Gasteiger charge is 2.19. The first-order valence-corrected chi connectivity index (χ1v) is 8.10. The number of ether oxygens (including phenoxy) is 1. The minimum absolute atomic E-state index is 0.432. The Balaban J connectivity index is 1.79. The Morgan fingerprint density at radius 3 is 2.40 bits per heavy atom. The van der Waals surface area contributed by atoms with Crippen molar-refractivity contribution in [3.63, 3.8) is 0 Å². The fourth-order valence-corrected chi connectivity index (χ4v) is 2.80. The van der Waals surface area contributed by atoms with Crippen molar-refractivity contribution in [1.82, 2.24) is 5.32 Å². The van der Waals surface area contributed by atoms with Gasteiger partial charge in [0.05, 0.1) is 6.10 Å². The van der Waals surface area contributed by atoms with Gasteiger partial charge in [-0.05, 0) is 76.1 Å². The van der Waals surface area contributed by atoms with Crippen LogP contribution in [0.3, 0.4) is 0 Å². The van der Waals surface area contributed by atoms with Gasteiger partial charge in [-0.2, -0.15) is 0 Å². The molecule has 1 N–H and O–H groups in total. The molecular weight excluding hydrogens is 246 g/mol. The van der Waals surface area contributed by atoms with Crippen molar-refractivity contribution < 1.29 is 4.74 Å². The van der Waals surface area contributed by atoms with E-state index in [0.717, 1.165) is 18.1 Å². The molecule has 2 nitrogen and oxygen atoms in total. The largest absolute Gasteiger partial charge is 0.490 e. The van der Waals surface area contributed by atoms with E-state index in [4.69, 9.17) is 4.74 Å². The normalized spacial score (nSPS) is 24.4. The van der Waals surface area contributed by atoms with E-state index < -0.39 is 0 Å². The van der Waals surface area contributed by atoms with Crippen LogP contribution in [0.4, 0.5) is 0 Å². The smallest absolute Gasteiger partial charge is 0.119 e. The van der Waals surface area contributed by atoms with Crippen molar-refractivity contribution in [3.8, 4) is 5.75 Å². The molecule has 0 spiro atoms. The number of nitrogens with one attached hydrogen (secondary N) is 1. The fourth-order valence-electron chi connectivity index (χ4n) is 2.80. The monoisotopic (exact) mass is 275 g/mol. The molecule has 20 heavy (non-hydrogen) atoms. The summed E-state index contributed by atoms with van der Waals surface area (Å²) in [6, 6.07) is 9.27. The van der Waals surface area contributed by atoms with Crippen LogP contribution in [0.25, 0.3) is 0 Å². The molecule has 1 unspecified atom stereocenters. The molecule has 0 bridgehead atoms. The van der Waals surface area contributed by atoms with Crippen LogP contribution in [0.1, 0.15) is 51.5 Å². The third-order valence-electron chi connectivity index (χ3n) is 4.55. The second kappa shape index (κ2) is 7.68. The summed E-state index contributed by atoms with van der Waals surface area (Å²) < 4.78 is 6.09. The quantitative estimate of drug-likeness (QED) is 0.840. The van der Waals surface area contributed by atoms with Crippen molar-refractivity contribution in [2.45, 2.75) is 64.5 Å². The maximum Gasteiger partial charge on any atom is 0.119 e. The predicted octanol–water partition coefficient (Wildman–Crippen LogP) is 4.18. The lowest BCUT2D eigenvalue weighted by Crippen LogP contribution is -2.23. The van der Waals surface area contributed by atoms with Gasteiger partial charge in [-0.15, -0.1) is 0 Å². The minimum Gasteiger partial charge on any atom is -0.490 e. The Labute approximate surface area is 123 Å². The molecule has 0 saturated heterocycles. The minimum atomic E-state index is 0.432. The van der Waals surface area contributed by atoms with Crippen LogP contribution in [-0.2, 0) is 6.42 Å². The summed E-state index contributed by atoms with van der Waals surface area (Å²) in [5.41, 5.74) is 1.40. The lowest BCUT2D eigenvalue weighted by Gasteiger charge is -2.26. The van der Waals surface area contributed by atoms with Crippen LogP contribution in [0.5, 0.6) is 5.75 Å². The topological polar surface area (TPSA) is 21.3 Å². The van der Waals surface area contributed by atoms with Gasteiger partial charge in [0.1, 0.15) is 5.75 Å². The first kappa shape index (κ1) is 15.4. The van der Waals surface area contributed by atoms with Gasteiger partial charge in [-0.1, -0.05) is 19.1 Å². The Hall–Kier alpha value is -1.02. The van der Waals surface area contributed by atoms with Gasteiger partial charge in [-0.3, -0.25) is 0 Å². The lowest BCUT2D eigenvalue weighted by atomic mass is 9.89. The Morgan fingerprint density at radius 1 is 1.15 bits per heavy atom. The second-order valence-electron chi connectivity index (χ2n) is 6.37. The molecule has 0 aliphatic heterocycles. The molecule has 112 valence electrons. The van der Waals surface area contributed by atoms with Crippen molar-refractivity contribution >= 4 is 0 Å². The van der Waals surface area contributed by atoms with E-state index in [-0.39, 0.29) is 0 Å². The van der Waals surface area contributed by atoms with Crippen LogP contribution in [0, 0.1) is 5.92 Å². The molecule has 0 aromatic heterocycles. The molecule has 1 fully saturated rings. The molecule has 0 radical (unpaired) electrons. The highest BCUT2D eigenvalue weighted by atomic mass is 16.5. The van der Waals surface area contributed by atoms with Crippen molar-refractivity contribution in [2.75, 3.05) is 7.05 Å². The molecular formula is C18H29NO.